The van der Waals surface area contributed by atoms with Gasteiger partial charge in [0.25, 0.3) is 5.91 Å². The number of hydrogen-bond donors (Lipinski definition) is 0. The Balaban J connectivity index is 1.37. The molecular formula is C23H27N3O3S. The van der Waals surface area contributed by atoms with E-state index in [0.29, 0.717) is 11.7 Å². The van der Waals surface area contributed by atoms with E-state index >= 15 is 0 Å². The number of thiocarbonyl (C=S) groups is 1. The lowest BCUT2D eigenvalue weighted by Crippen LogP contribution is -2.39. The van der Waals surface area contributed by atoms with Crippen LogP contribution in [-0.2, 0) is 9.53 Å². The molecule has 2 aliphatic heterocycles. The summed E-state index contributed by atoms with van der Waals surface area (Å²) in [5.74, 6) is 1.60. The fourth-order valence-corrected chi connectivity index (χ4v) is 4.29. The summed E-state index contributed by atoms with van der Waals surface area (Å²) in [6.45, 7) is 6.99. The molecular weight excluding hydrogens is 398 g/mol. The second kappa shape index (κ2) is 9.55. The Kier molecular flexibility index (Phi) is 6.62. The molecule has 0 radical (unpaired) electrons. The summed E-state index contributed by atoms with van der Waals surface area (Å²) in [4.78, 5) is 18.9. The van der Waals surface area contributed by atoms with E-state index in [1.54, 1.807) is 4.90 Å². The summed E-state index contributed by atoms with van der Waals surface area (Å²) in [5, 5.41) is 0.575. The number of hydrogen-bond acceptors (Lipinski definition) is 5. The Labute approximate surface area is 183 Å². The molecule has 6 nitrogen and oxygen atoms in total. The number of rotatable bonds is 7. The van der Waals surface area contributed by atoms with Crippen LogP contribution in [0.25, 0.3) is 0 Å². The van der Waals surface area contributed by atoms with Gasteiger partial charge in [0.2, 0.25) is 0 Å². The Morgan fingerprint density at radius 3 is 2.37 bits per heavy atom. The maximum Gasteiger partial charge on any atom is 0.251 e. The maximum absolute atomic E-state index is 12.8. The molecule has 2 fully saturated rings. The number of para-hydroxylation sites is 1. The van der Waals surface area contributed by atoms with E-state index in [-0.39, 0.29) is 11.9 Å². The molecule has 2 aromatic carbocycles. The average Bonchev–Trinajstić information content (AvgIpc) is 2.99. The van der Waals surface area contributed by atoms with Crippen LogP contribution in [0.4, 0.5) is 5.69 Å². The normalized spacial score (nSPS) is 20.1. The molecule has 0 aromatic heterocycles. The number of anilines is 1. The lowest BCUT2D eigenvalue weighted by Gasteiger charge is -2.27. The fourth-order valence-electron chi connectivity index (χ4n) is 3.84. The van der Waals surface area contributed by atoms with Gasteiger partial charge in [0, 0.05) is 31.9 Å². The predicted octanol–water partition coefficient (Wildman–Crippen LogP) is 3.52. The van der Waals surface area contributed by atoms with Gasteiger partial charge < -0.3 is 14.4 Å². The maximum atomic E-state index is 12.8. The standard InChI is InChI=1S/C23H27N3O3S/c1-18-22(27)25(13-5-12-24-14-16-28-17-15-24)23(30)26(18)19-8-10-21(11-9-19)29-20-6-3-2-4-7-20/h2-4,6-11,18H,5,12-17H2,1H3. The van der Waals surface area contributed by atoms with Gasteiger partial charge in [-0.3, -0.25) is 14.6 Å². The van der Waals surface area contributed by atoms with Crippen molar-refractivity contribution in [3.63, 3.8) is 0 Å². The molecule has 2 aromatic rings. The van der Waals surface area contributed by atoms with Crippen LogP contribution in [0.3, 0.4) is 0 Å². The molecule has 2 heterocycles. The highest BCUT2D eigenvalue weighted by Crippen LogP contribution is 2.29. The van der Waals surface area contributed by atoms with Crippen molar-refractivity contribution in [2.24, 2.45) is 0 Å². The Bertz CT molecular complexity index is 869. The van der Waals surface area contributed by atoms with Crippen LogP contribution in [0.2, 0.25) is 0 Å². The molecule has 1 unspecified atom stereocenters. The van der Waals surface area contributed by atoms with Crippen molar-refractivity contribution < 1.29 is 14.3 Å². The predicted molar refractivity (Wildman–Crippen MR) is 121 cm³/mol. The molecule has 0 N–H and O–H groups in total. The van der Waals surface area contributed by atoms with Gasteiger partial charge in [-0.2, -0.15) is 0 Å². The van der Waals surface area contributed by atoms with Gasteiger partial charge in [-0.25, -0.2) is 0 Å². The number of amides is 1. The largest absolute Gasteiger partial charge is 0.457 e. The summed E-state index contributed by atoms with van der Waals surface area (Å²) in [6, 6.07) is 17.1. The molecule has 30 heavy (non-hydrogen) atoms. The van der Waals surface area contributed by atoms with Crippen molar-refractivity contribution in [2.75, 3.05) is 44.3 Å². The van der Waals surface area contributed by atoms with Crippen LogP contribution in [0.15, 0.2) is 54.6 Å². The third kappa shape index (κ3) is 4.64. The highest BCUT2D eigenvalue weighted by atomic mass is 32.1. The number of benzene rings is 2. The van der Waals surface area contributed by atoms with Gasteiger partial charge in [-0.1, -0.05) is 18.2 Å². The third-order valence-electron chi connectivity index (χ3n) is 5.50. The molecule has 0 saturated carbocycles. The number of carbonyl (C=O) groups is 1. The average molecular weight is 426 g/mol. The van der Waals surface area contributed by atoms with Gasteiger partial charge in [-0.05, 0) is 62.0 Å². The van der Waals surface area contributed by atoms with Gasteiger partial charge in [0.1, 0.15) is 17.5 Å². The fraction of sp³-hybridized carbons (Fsp3) is 0.391. The van der Waals surface area contributed by atoms with Gasteiger partial charge >= 0.3 is 0 Å². The molecule has 4 rings (SSSR count). The minimum absolute atomic E-state index is 0.0617. The molecule has 2 aliphatic rings. The molecule has 0 spiro atoms. The first-order valence-electron chi connectivity index (χ1n) is 10.4. The lowest BCUT2D eigenvalue weighted by atomic mass is 10.2. The zero-order valence-corrected chi connectivity index (χ0v) is 18.0. The Morgan fingerprint density at radius 1 is 1.00 bits per heavy atom. The zero-order chi connectivity index (χ0) is 20.9. The van der Waals surface area contributed by atoms with E-state index in [1.165, 1.54) is 0 Å². The van der Waals surface area contributed by atoms with Crippen LogP contribution >= 0.6 is 12.2 Å². The first kappa shape index (κ1) is 20.8. The summed E-state index contributed by atoms with van der Waals surface area (Å²) >= 11 is 5.67. The SMILES string of the molecule is CC1C(=O)N(CCCN2CCOCC2)C(=S)N1c1ccc(Oc2ccccc2)cc1. The van der Waals surface area contributed by atoms with E-state index in [4.69, 9.17) is 21.7 Å². The monoisotopic (exact) mass is 425 g/mol. The van der Waals surface area contributed by atoms with E-state index in [9.17, 15) is 4.79 Å². The van der Waals surface area contributed by atoms with Crippen LogP contribution in [-0.4, -0.2) is 66.3 Å². The third-order valence-corrected chi connectivity index (χ3v) is 5.92. The highest BCUT2D eigenvalue weighted by Gasteiger charge is 2.40. The molecule has 1 amide bonds. The molecule has 158 valence electrons. The van der Waals surface area contributed by atoms with Gasteiger partial charge in [-0.15, -0.1) is 0 Å². The second-order valence-corrected chi connectivity index (χ2v) is 7.90. The van der Waals surface area contributed by atoms with Crippen molar-refractivity contribution in [2.45, 2.75) is 19.4 Å². The summed E-state index contributed by atoms with van der Waals surface area (Å²) in [7, 11) is 0. The van der Waals surface area contributed by atoms with Crippen molar-refractivity contribution in [1.29, 1.82) is 0 Å². The number of morpholine rings is 1. The smallest absolute Gasteiger partial charge is 0.251 e. The van der Waals surface area contributed by atoms with E-state index < -0.39 is 0 Å². The molecule has 0 bridgehead atoms. The van der Waals surface area contributed by atoms with Gasteiger partial charge in [0.15, 0.2) is 5.11 Å². The summed E-state index contributed by atoms with van der Waals surface area (Å²) < 4.78 is 11.3. The molecule has 2 saturated heterocycles. The Morgan fingerprint density at radius 2 is 1.67 bits per heavy atom. The summed E-state index contributed by atoms with van der Waals surface area (Å²) in [5.41, 5.74) is 0.900. The number of ether oxygens (including phenoxy) is 2. The van der Waals surface area contributed by atoms with Crippen LogP contribution < -0.4 is 9.64 Å². The molecule has 7 heteroatoms. The van der Waals surface area contributed by atoms with Crippen molar-refractivity contribution in [1.82, 2.24) is 9.80 Å². The van der Waals surface area contributed by atoms with Gasteiger partial charge in [0.05, 0.1) is 13.2 Å². The van der Waals surface area contributed by atoms with Crippen molar-refractivity contribution >= 4 is 28.9 Å². The zero-order valence-electron chi connectivity index (χ0n) is 17.2. The topological polar surface area (TPSA) is 45.2 Å². The van der Waals surface area contributed by atoms with E-state index in [2.05, 4.69) is 4.90 Å². The second-order valence-electron chi connectivity index (χ2n) is 7.54. The highest BCUT2D eigenvalue weighted by molar-refractivity contribution is 7.80. The molecule has 1 atom stereocenters. The number of nitrogens with zero attached hydrogens (tertiary/aromatic N) is 3. The van der Waals surface area contributed by atoms with Crippen LogP contribution in [0.1, 0.15) is 13.3 Å². The lowest BCUT2D eigenvalue weighted by molar-refractivity contribution is -0.126. The van der Waals surface area contributed by atoms with Crippen LogP contribution in [0, 0.1) is 0 Å². The first-order chi connectivity index (χ1) is 14.6. The van der Waals surface area contributed by atoms with Crippen molar-refractivity contribution in [3.8, 4) is 11.5 Å². The summed E-state index contributed by atoms with van der Waals surface area (Å²) in [6.07, 6.45) is 0.899. The Hall–Kier alpha value is -2.48. The van der Waals surface area contributed by atoms with E-state index in [1.807, 2.05) is 66.4 Å². The first-order valence-corrected chi connectivity index (χ1v) is 10.8. The van der Waals surface area contributed by atoms with Crippen LogP contribution in [0.5, 0.6) is 11.5 Å². The van der Waals surface area contributed by atoms with Crippen molar-refractivity contribution in [3.05, 3.63) is 54.6 Å². The minimum Gasteiger partial charge on any atom is -0.457 e. The van der Waals surface area contributed by atoms with E-state index in [0.717, 1.165) is 56.5 Å². The molecule has 0 aliphatic carbocycles. The minimum atomic E-state index is -0.304. The number of carbonyl (C=O) groups excluding carboxylic acids is 1. The quantitative estimate of drug-likeness (QED) is 0.633.